The number of nitrogens with one attached hydrogen (secondary N) is 2. The monoisotopic (exact) mass is 138 g/mol. The van der Waals surface area contributed by atoms with E-state index in [0.29, 0.717) is 5.92 Å². The van der Waals surface area contributed by atoms with Crippen molar-refractivity contribution in [2.45, 2.75) is 13.3 Å². The van der Waals surface area contributed by atoms with E-state index in [4.69, 9.17) is 5.41 Å². The van der Waals surface area contributed by atoms with Crippen LogP contribution in [0.3, 0.4) is 0 Å². The summed E-state index contributed by atoms with van der Waals surface area (Å²) in [5.74, 6) is 0.617. The third-order valence-corrected chi connectivity index (χ3v) is 1.54. The Morgan fingerprint density at radius 2 is 2.30 bits per heavy atom. The highest BCUT2D eigenvalue weighted by Crippen LogP contribution is 2.19. The molecule has 0 unspecified atom stereocenters. The number of hydrogen-bond donors (Lipinski definition) is 2. The van der Waals surface area contributed by atoms with Crippen LogP contribution in [-0.4, -0.2) is 18.8 Å². The van der Waals surface area contributed by atoms with Crippen LogP contribution in [0.15, 0.2) is 12.2 Å². The lowest BCUT2D eigenvalue weighted by Crippen LogP contribution is -2.22. The van der Waals surface area contributed by atoms with Crippen molar-refractivity contribution in [1.29, 1.82) is 5.41 Å². The van der Waals surface area contributed by atoms with Gasteiger partial charge in [-0.25, -0.2) is 0 Å². The smallest absolute Gasteiger partial charge is 0.0332 e. The van der Waals surface area contributed by atoms with Crippen LogP contribution in [0.4, 0.5) is 0 Å². The van der Waals surface area contributed by atoms with Gasteiger partial charge in [0.25, 0.3) is 0 Å². The minimum atomic E-state index is 0.617. The maximum atomic E-state index is 7.46. The molecular formula is C8H14N2. The molecule has 2 N–H and O–H groups in total. The molecule has 0 atom stereocenters. The molecule has 2 heteroatoms. The molecule has 0 fully saturated rings. The van der Waals surface area contributed by atoms with Crippen molar-refractivity contribution in [2.75, 3.05) is 13.1 Å². The molecule has 1 aliphatic carbocycles. The Balaban J connectivity index is 1.97. The molecule has 56 valence electrons. The van der Waals surface area contributed by atoms with Gasteiger partial charge in [-0.15, -0.1) is 0 Å². The topological polar surface area (TPSA) is 35.9 Å². The van der Waals surface area contributed by atoms with Gasteiger partial charge in [0.05, 0.1) is 0 Å². The van der Waals surface area contributed by atoms with Crippen LogP contribution in [0.5, 0.6) is 0 Å². The van der Waals surface area contributed by atoms with Gasteiger partial charge in [-0.1, -0.05) is 19.1 Å². The highest BCUT2D eigenvalue weighted by Gasteiger charge is 2.12. The molecule has 0 spiro atoms. The Kier molecular flexibility index (Phi) is 2.63. The van der Waals surface area contributed by atoms with Crippen LogP contribution in [0, 0.1) is 11.3 Å². The Hall–Kier alpha value is -0.630. The van der Waals surface area contributed by atoms with Gasteiger partial charge in [0.2, 0.25) is 0 Å². The maximum absolute atomic E-state index is 7.46. The lowest BCUT2D eigenvalue weighted by Gasteiger charge is -2.01. The molecule has 0 saturated carbocycles. The molecule has 0 amide bonds. The predicted octanol–water partition coefficient (Wildman–Crippen LogP) is 1.19. The van der Waals surface area contributed by atoms with Crippen LogP contribution in [0.2, 0.25) is 0 Å². The Morgan fingerprint density at radius 1 is 1.60 bits per heavy atom. The van der Waals surface area contributed by atoms with Gasteiger partial charge in [-0.05, 0) is 18.9 Å². The van der Waals surface area contributed by atoms with E-state index in [2.05, 4.69) is 24.4 Å². The SMILES string of the molecule is CCNCC(=N)CC1C=C1. The molecule has 10 heavy (non-hydrogen) atoms. The summed E-state index contributed by atoms with van der Waals surface area (Å²) in [5.41, 5.74) is 0.817. The van der Waals surface area contributed by atoms with E-state index in [1.807, 2.05) is 0 Å². The predicted molar refractivity (Wildman–Crippen MR) is 43.5 cm³/mol. The Labute approximate surface area is 61.8 Å². The fourth-order valence-corrected chi connectivity index (χ4v) is 0.847. The second-order valence-corrected chi connectivity index (χ2v) is 2.64. The summed E-state index contributed by atoms with van der Waals surface area (Å²) in [6.45, 7) is 3.78. The maximum Gasteiger partial charge on any atom is 0.0332 e. The molecule has 0 aromatic heterocycles. The summed E-state index contributed by atoms with van der Waals surface area (Å²) >= 11 is 0. The van der Waals surface area contributed by atoms with E-state index in [0.717, 1.165) is 25.2 Å². The van der Waals surface area contributed by atoms with Gasteiger partial charge in [0.1, 0.15) is 0 Å². The fraction of sp³-hybridized carbons (Fsp3) is 0.625. The van der Waals surface area contributed by atoms with Crippen LogP contribution in [0.1, 0.15) is 13.3 Å². The second kappa shape index (κ2) is 3.52. The van der Waals surface area contributed by atoms with Crippen molar-refractivity contribution < 1.29 is 0 Å². The van der Waals surface area contributed by atoms with E-state index < -0.39 is 0 Å². The molecule has 0 heterocycles. The normalized spacial score (nSPS) is 15.7. The van der Waals surface area contributed by atoms with Crippen molar-refractivity contribution in [3.05, 3.63) is 12.2 Å². The van der Waals surface area contributed by atoms with Gasteiger partial charge in [-0.3, -0.25) is 0 Å². The van der Waals surface area contributed by atoms with Gasteiger partial charge < -0.3 is 10.7 Å². The van der Waals surface area contributed by atoms with Crippen LogP contribution >= 0.6 is 0 Å². The molecule has 2 nitrogen and oxygen atoms in total. The second-order valence-electron chi connectivity index (χ2n) is 2.64. The molecule has 0 bridgehead atoms. The summed E-state index contributed by atoms with van der Waals surface area (Å²) < 4.78 is 0. The van der Waals surface area contributed by atoms with E-state index >= 15 is 0 Å². The lowest BCUT2D eigenvalue weighted by molar-refractivity contribution is 0.795. The van der Waals surface area contributed by atoms with E-state index in [9.17, 15) is 0 Å². The van der Waals surface area contributed by atoms with Crippen molar-refractivity contribution in [3.8, 4) is 0 Å². The summed E-state index contributed by atoms with van der Waals surface area (Å²) in [5, 5.41) is 10.6. The van der Waals surface area contributed by atoms with Crippen LogP contribution < -0.4 is 5.32 Å². The first-order valence-corrected chi connectivity index (χ1v) is 3.78. The molecule has 0 aromatic carbocycles. The Morgan fingerprint density at radius 3 is 2.80 bits per heavy atom. The number of rotatable bonds is 5. The van der Waals surface area contributed by atoms with Crippen molar-refractivity contribution in [1.82, 2.24) is 5.32 Å². The highest BCUT2D eigenvalue weighted by atomic mass is 14.8. The standard InChI is InChI=1S/C8H14N2/c1-2-10-6-8(9)5-7-3-4-7/h3-4,7,9-10H,2,5-6H2,1H3. The summed E-state index contributed by atoms with van der Waals surface area (Å²) in [6, 6.07) is 0. The average Bonchev–Trinajstić information content (AvgIpc) is 2.67. The van der Waals surface area contributed by atoms with Gasteiger partial charge >= 0.3 is 0 Å². The fourth-order valence-electron chi connectivity index (χ4n) is 0.847. The lowest BCUT2D eigenvalue weighted by atomic mass is 10.2. The van der Waals surface area contributed by atoms with Gasteiger partial charge in [0, 0.05) is 12.3 Å². The van der Waals surface area contributed by atoms with Crippen LogP contribution in [0.25, 0.3) is 0 Å². The Bertz CT molecular complexity index is 143. The zero-order valence-electron chi connectivity index (χ0n) is 6.35. The third kappa shape index (κ3) is 2.78. The van der Waals surface area contributed by atoms with Crippen molar-refractivity contribution in [3.63, 3.8) is 0 Å². The number of hydrogen-bond acceptors (Lipinski definition) is 2. The van der Waals surface area contributed by atoms with Crippen molar-refractivity contribution in [2.24, 2.45) is 5.92 Å². The first-order chi connectivity index (χ1) is 4.83. The minimum absolute atomic E-state index is 0.617. The largest absolute Gasteiger partial charge is 0.312 e. The first kappa shape index (κ1) is 7.48. The average molecular weight is 138 g/mol. The molecular weight excluding hydrogens is 124 g/mol. The highest BCUT2D eigenvalue weighted by molar-refractivity contribution is 5.84. The van der Waals surface area contributed by atoms with E-state index in [-0.39, 0.29) is 0 Å². The first-order valence-electron chi connectivity index (χ1n) is 3.78. The van der Waals surface area contributed by atoms with Gasteiger partial charge in [0.15, 0.2) is 0 Å². The molecule has 0 aliphatic heterocycles. The summed E-state index contributed by atoms with van der Waals surface area (Å²) in [4.78, 5) is 0. The zero-order valence-corrected chi connectivity index (χ0v) is 6.35. The summed E-state index contributed by atoms with van der Waals surface area (Å²) in [7, 11) is 0. The van der Waals surface area contributed by atoms with Crippen molar-refractivity contribution >= 4 is 5.71 Å². The number of allylic oxidation sites excluding steroid dienone is 2. The zero-order chi connectivity index (χ0) is 7.40. The molecule has 0 radical (unpaired) electrons. The van der Waals surface area contributed by atoms with Gasteiger partial charge in [-0.2, -0.15) is 0 Å². The van der Waals surface area contributed by atoms with Crippen LogP contribution in [-0.2, 0) is 0 Å². The summed E-state index contributed by atoms with van der Waals surface area (Å²) in [6.07, 6.45) is 5.20. The molecule has 1 rings (SSSR count). The molecule has 0 saturated heterocycles. The third-order valence-electron chi connectivity index (χ3n) is 1.54. The van der Waals surface area contributed by atoms with E-state index in [1.54, 1.807) is 0 Å². The molecule has 1 aliphatic rings. The minimum Gasteiger partial charge on any atom is -0.312 e. The molecule has 0 aromatic rings. The van der Waals surface area contributed by atoms with E-state index in [1.165, 1.54) is 0 Å². The quantitative estimate of drug-likeness (QED) is 0.434.